The summed E-state index contributed by atoms with van der Waals surface area (Å²) in [7, 11) is -2.96. The highest BCUT2D eigenvalue weighted by atomic mass is 32.2. The lowest BCUT2D eigenvalue weighted by Crippen LogP contribution is -2.14. The lowest BCUT2D eigenvalue weighted by molar-refractivity contribution is 0.600. The van der Waals surface area contributed by atoms with Crippen LogP contribution < -0.4 is 11.1 Å². The molecule has 0 spiro atoms. The van der Waals surface area contributed by atoms with Gasteiger partial charge in [0.05, 0.1) is 5.75 Å². The van der Waals surface area contributed by atoms with E-state index in [1.165, 1.54) is 6.26 Å². The molecular weight excluding hydrogens is 282 g/mol. The zero-order valence-corrected chi connectivity index (χ0v) is 11.7. The molecule has 0 aliphatic carbocycles. The van der Waals surface area contributed by atoms with Crippen LogP contribution in [0.5, 0.6) is 0 Å². The molecule has 0 aliphatic heterocycles. The minimum Gasteiger partial charge on any atom is -0.368 e. The van der Waals surface area contributed by atoms with Gasteiger partial charge in [0, 0.05) is 25.2 Å². The van der Waals surface area contributed by atoms with E-state index in [4.69, 9.17) is 5.73 Å². The van der Waals surface area contributed by atoms with Gasteiger partial charge in [-0.3, -0.25) is 4.57 Å². The quantitative estimate of drug-likeness (QED) is 0.682. The first-order valence-electron chi connectivity index (χ1n) is 5.85. The molecule has 0 saturated heterocycles. The van der Waals surface area contributed by atoms with Gasteiger partial charge in [0.2, 0.25) is 17.8 Å². The molecule has 0 amide bonds. The van der Waals surface area contributed by atoms with Crippen molar-refractivity contribution in [1.82, 2.24) is 24.5 Å². The Morgan fingerprint density at radius 1 is 1.35 bits per heavy atom. The molecule has 9 nitrogen and oxygen atoms in total. The molecule has 2 aromatic heterocycles. The second-order valence-corrected chi connectivity index (χ2v) is 6.46. The summed E-state index contributed by atoms with van der Waals surface area (Å²) in [5, 5.41) is 2.92. The fraction of sp³-hybridized carbons (Fsp3) is 0.400. The van der Waals surface area contributed by atoms with Gasteiger partial charge in [0.25, 0.3) is 0 Å². The number of nitrogens with one attached hydrogen (secondary N) is 1. The minimum atomic E-state index is -2.96. The number of imidazole rings is 1. The normalized spacial score (nSPS) is 11.4. The summed E-state index contributed by atoms with van der Waals surface area (Å²) in [6, 6.07) is 0. The molecule has 0 fully saturated rings. The fourth-order valence-corrected chi connectivity index (χ4v) is 2.16. The molecule has 0 aliphatic rings. The van der Waals surface area contributed by atoms with Crippen molar-refractivity contribution in [3.05, 3.63) is 18.7 Å². The van der Waals surface area contributed by atoms with E-state index in [0.717, 1.165) is 0 Å². The summed E-state index contributed by atoms with van der Waals surface area (Å²) in [4.78, 5) is 16.0. The summed E-state index contributed by atoms with van der Waals surface area (Å²) < 4.78 is 23.6. The average molecular weight is 297 g/mol. The Morgan fingerprint density at radius 3 is 2.80 bits per heavy atom. The molecular formula is C10H15N7O2S. The molecule has 0 saturated carbocycles. The molecule has 2 heterocycles. The lowest BCUT2D eigenvalue weighted by Gasteiger charge is -2.07. The van der Waals surface area contributed by atoms with E-state index < -0.39 is 9.84 Å². The zero-order chi connectivity index (χ0) is 14.6. The number of anilines is 2. The highest BCUT2D eigenvalue weighted by molar-refractivity contribution is 7.90. The van der Waals surface area contributed by atoms with Crippen molar-refractivity contribution in [2.45, 2.75) is 6.42 Å². The molecule has 10 heteroatoms. The Hall–Kier alpha value is -2.23. The maximum absolute atomic E-state index is 11.0. The van der Waals surface area contributed by atoms with E-state index in [-0.39, 0.29) is 11.7 Å². The Bertz CT molecular complexity index is 669. The molecule has 0 bridgehead atoms. The van der Waals surface area contributed by atoms with Gasteiger partial charge in [-0.2, -0.15) is 15.0 Å². The predicted octanol–water partition coefficient (Wildman–Crippen LogP) is -0.514. The van der Waals surface area contributed by atoms with Crippen LogP contribution >= 0.6 is 0 Å². The van der Waals surface area contributed by atoms with Crippen molar-refractivity contribution >= 4 is 21.7 Å². The van der Waals surface area contributed by atoms with Gasteiger partial charge in [-0.15, -0.1) is 0 Å². The molecule has 0 aromatic carbocycles. The van der Waals surface area contributed by atoms with Gasteiger partial charge in [0.1, 0.15) is 16.2 Å². The van der Waals surface area contributed by atoms with Crippen molar-refractivity contribution in [1.29, 1.82) is 0 Å². The Balaban J connectivity index is 2.02. The Labute approximate surface area is 116 Å². The van der Waals surface area contributed by atoms with E-state index in [1.807, 2.05) is 0 Å². The monoisotopic (exact) mass is 297 g/mol. The van der Waals surface area contributed by atoms with Crippen LogP contribution in [0.4, 0.5) is 11.9 Å². The van der Waals surface area contributed by atoms with E-state index in [9.17, 15) is 8.42 Å². The van der Waals surface area contributed by atoms with E-state index in [1.54, 1.807) is 23.3 Å². The number of nitrogens with zero attached hydrogens (tertiary/aromatic N) is 5. The highest BCUT2D eigenvalue weighted by Crippen LogP contribution is 2.06. The predicted molar refractivity (Wildman–Crippen MR) is 74.2 cm³/mol. The van der Waals surface area contributed by atoms with Crippen LogP contribution in [-0.2, 0) is 9.84 Å². The van der Waals surface area contributed by atoms with Crippen LogP contribution in [0.1, 0.15) is 6.42 Å². The second kappa shape index (κ2) is 5.82. The number of aromatic nitrogens is 5. The topological polar surface area (TPSA) is 129 Å². The summed E-state index contributed by atoms with van der Waals surface area (Å²) in [6.45, 7) is 0.430. The Morgan fingerprint density at radius 2 is 2.15 bits per heavy atom. The van der Waals surface area contributed by atoms with E-state index in [0.29, 0.717) is 24.9 Å². The third kappa shape index (κ3) is 4.16. The summed E-state index contributed by atoms with van der Waals surface area (Å²) in [5.74, 6) is 0.833. The van der Waals surface area contributed by atoms with E-state index >= 15 is 0 Å². The van der Waals surface area contributed by atoms with Crippen LogP contribution in [0.3, 0.4) is 0 Å². The standard InChI is InChI=1S/C10H15N7O2S/c1-20(18,19)6-2-3-13-9-14-8(11)15-10(16-9)17-5-4-12-7-17/h4-5,7H,2-3,6H2,1H3,(H3,11,13,14,15,16). The molecule has 20 heavy (non-hydrogen) atoms. The van der Waals surface area contributed by atoms with Crippen molar-refractivity contribution in [2.24, 2.45) is 0 Å². The SMILES string of the molecule is CS(=O)(=O)CCCNc1nc(N)nc(-n2ccnc2)n1. The van der Waals surface area contributed by atoms with Crippen LogP contribution in [0.2, 0.25) is 0 Å². The van der Waals surface area contributed by atoms with Crippen molar-refractivity contribution in [3.63, 3.8) is 0 Å². The van der Waals surface area contributed by atoms with Gasteiger partial charge in [-0.25, -0.2) is 13.4 Å². The second-order valence-electron chi connectivity index (χ2n) is 4.20. The first-order valence-corrected chi connectivity index (χ1v) is 7.91. The number of nitrogens with two attached hydrogens (primary N) is 1. The zero-order valence-electron chi connectivity index (χ0n) is 10.9. The number of sulfone groups is 1. The van der Waals surface area contributed by atoms with Gasteiger partial charge in [-0.05, 0) is 6.42 Å². The summed E-state index contributed by atoms with van der Waals surface area (Å²) >= 11 is 0. The van der Waals surface area contributed by atoms with Crippen molar-refractivity contribution in [3.8, 4) is 5.95 Å². The molecule has 2 aromatic rings. The maximum atomic E-state index is 11.0. The maximum Gasteiger partial charge on any atom is 0.241 e. The third-order valence-corrected chi connectivity index (χ3v) is 3.38. The van der Waals surface area contributed by atoms with Crippen LogP contribution in [0.15, 0.2) is 18.7 Å². The molecule has 0 unspecified atom stereocenters. The first-order chi connectivity index (χ1) is 9.44. The smallest absolute Gasteiger partial charge is 0.241 e. The first kappa shape index (κ1) is 14.2. The number of nitrogen functional groups attached to an aromatic ring is 1. The molecule has 0 atom stereocenters. The average Bonchev–Trinajstić information content (AvgIpc) is 2.86. The number of hydrogen-bond acceptors (Lipinski definition) is 8. The number of rotatable bonds is 6. The van der Waals surface area contributed by atoms with Crippen LogP contribution in [0.25, 0.3) is 5.95 Å². The Kier molecular flexibility index (Phi) is 4.13. The molecule has 3 N–H and O–H groups in total. The molecule has 108 valence electrons. The highest BCUT2D eigenvalue weighted by Gasteiger charge is 2.06. The van der Waals surface area contributed by atoms with Crippen LogP contribution in [-0.4, -0.2) is 51.5 Å². The number of hydrogen-bond donors (Lipinski definition) is 2. The largest absolute Gasteiger partial charge is 0.368 e. The van der Waals surface area contributed by atoms with Gasteiger partial charge < -0.3 is 11.1 Å². The van der Waals surface area contributed by atoms with Gasteiger partial charge in [0.15, 0.2) is 0 Å². The lowest BCUT2D eigenvalue weighted by atomic mass is 10.5. The van der Waals surface area contributed by atoms with Crippen molar-refractivity contribution < 1.29 is 8.42 Å². The third-order valence-electron chi connectivity index (χ3n) is 2.35. The van der Waals surface area contributed by atoms with E-state index in [2.05, 4.69) is 25.3 Å². The van der Waals surface area contributed by atoms with Gasteiger partial charge in [-0.1, -0.05) is 0 Å². The fourth-order valence-electron chi connectivity index (χ4n) is 1.49. The minimum absolute atomic E-state index is 0.0781. The van der Waals surface area contributed by atoms with Crippen LogP contribution in [0, 0.1) is 0 Å². The summed E-state index contributed by atoms with van der Waals surface area (Å²) in [5.41, 5.74) is 5.61. The molecule has 0 radical (unpaired) electrons. The van der Waals surface area contributed by atoms with Gasteiger partial charge >= 0.3 is 0 Å². The molecule has 2 rings (SSSR count). The summed E-state index contributed by atoms with van der Waals surface area (Å²) in [6.07, 6.45) is 6.49. The van der Waals surface area contributed by atoms with Crippen molar-refractivity contribution in [2.75, 3.05) is 29.6 Å².